The number of rotatable bonds is 40. The number of aromatic nitrogens is 7. The number of amides is 1. The summed E-state index contributed by atoms with van der Waals surface area (Å²) < 4.78 is 131. The Bertz CT molecular complexity index is 2940. The van der Waals surface area contributed by atoms with Crippen molar-refractivity contribution in [3.63, 3.8) is 0 Å². The summed E-state index contributed by atoms with van der Waals surface area (Å²) in [5.41, 5.74) is 1.33. The van der Waals surface area contributed by atoms with Gasteiger partial charge in [0.2, 0.25) is 11.0 Å². The van der Waals surface area contributed by atoms with E-state index < -0.39 is 75.3 Å². The van der Waals surface area contributed by atoms with E-state index in [1.807, 2.05) is 4.90 Å². The topological polar surface area (TPSA) is 350 Å². The molecule has 5 heterocycles. The number of ether oxygens (including phenoxy) is 11. The molecule has 3 aromatic heterocycles. The molecule has 0 aliphatic carbocycles. The predicted molar refractivity (Wildman–Crippen MR) is 285 cm³/mol. The molecule has 2 saturated heterocycles. The van der Waals surface area contributed by atoms with Crippen LogP contribution in [-0.2, 0) is 74.2 Å². The van der Waals surface area contributed by atoms with Gasteiger partial charge in [-0.1, -0.05) is 5.21 Å². The first-order valence-corrected chi connectivity index (χ1v) is 30.2. The second-order valence-electron chi connectivity index (χ2n) is 18.5. The van der Waals surface area contributed by atoms with Crippen molar-refractivity contribution in [2.24, 2.45) is 0 Å². The van der Waals surface area contributed by atoms with Gasteiger partial charge in [0, 0.05) is 37.2 Å². The number of aliphatic hydroxyl groups is 1. The zero-order chi connectivity index (χ0) is 59.9. The molecule has 0 spiro atoms. The maximum atomic E-state index is 13.6. The monoisotopic (exact) mass is 1250 g/mol. The highest BCUT2D eigenvalue weighted by Gasteiger charge is 2.40. The number of nitrogens with one attached hydrogen (secondary N) is 1. The number of halogens is 4. The third kappa shape index (κ3) is 22.2. The van der Waals surface area contributed by atoms with Crippen LogP contribution in [0.1, 0.15) is 35.1 Å². The van der Waals surface area contributed by atoms with Gasteiger partial charge in [0.15, 0.2) is 29.4 Å². The number of benzene rings is 2. The van der Waals surface area contributed by atoms with E-state index in [9.17, 15) is 41.9 Å². The van der Waals surface area contributed by atoms with E-state index in [-0.39, 0.29) is 68.8 Å². The summed E-state index contributed by atoms with van der Waals surface area (Å²) in [7, 11) is -9.46. The molecule has 0 saturated carbocycles. The fourth-order valence-electron chi connectivity index (χ4n) is 7.99. The molecule has 7 rings (SSSR count). The van der Waals surface area contributed by atoms with Crippen LogP contribution in [0.25, 0.3) is 11.0 Å². The Morgan fingerprint density at radius 1 is 0.774 bits per heavy atom. The van der Waals surface area contributed by atoms with Gasteiger partial charge in [-0.05, 0) is 35.9 Å². The Kier molecular flexibility index (Phi) is 26.4. The summed E-state index contributed by atoms with van der Waals surface area (Å²) >= 11 is 6.30. The number of anilines is 1. The van der Waals surface area contributed by atoms with Crippen LogP contribution in [0.3, 0.4) is 0 Å². The van der Waals surface area contributed by atoms with Crippen molar-refractivity contribution in [3.05, 3.63) is 82.8 Å². The molecule has 35 heteroatoms. The Morgan fingerprint density at radius 3 is 1.98 bits per heavy atom. The van der Waals surface area contributed by atoms with E-state index in [1.165, 1.54) is 10.9 Å². The van der Waals surface area contributed by atoms with E-state index in [4.69, 9.17) is 73.3 Å². The molecule has 1 unspecified atom stereocenters. The van der Waals surface area contributed by atoms with Gasteiger partial charge in [-0.25, -0.2) is 22.5 Å². The second kappa shape index (κ2) is 33.5. The van der Waals surface area contributed by atoms with Crippen LogP contribution in [0.2, 0.25) is 5.28 Å². The maximum absolute atomic E-state index is 13.6. The SMILES string of the molecule is O=C(CCOCCOCCOCCOCCn1cc(COCCOCCOCCOCCOc2ccc(C(=O)NC3CN(c4nc(Cl)nc5c4cnn5[C@@H]4O[C@H](COP(=O)(O)CP(=O)(O)O)C[C@H]4O)C3)cc2)nn1)Oc1c(F)cc(F)cc1F. The highest BCUT2D eigenvalue weighted by molar-refractivity contribution is 7.70. The zero-order valence-electron chi connectivity index (χ0n) is 45.2. The van der Waals surface area contributed by atoms with E-state index in [2.05, 4.69) is 35.4 Å². The van der Waals surface area contributed by atoms with E-state index in [0.717, 1.165) is 0 Å². The predicted octanol–water partition coefficient (Wildman–Crippen LogP) is 2.80. The number of hydrogen-bond acceptors (Lipinski definition) is 23. The number of carbonyl (C=O) groups excluding carboxylic acids is 2. The molecule has 0 bridgehead atoms. The number of nitrogens with zero attached hydrogens (tertiary/aromatic N) is 8. The van der Waals surface area contributed by atoms with Crippen molar-refractivity contribution < 1.29 is 108 Å². The van der Waals surface area contributed by atoms with Crippen LogP contribution in [-0.4, -0.2) is 216 Å². The molecule has 2 aromatic carbocycles. The molecule has 29 nitrogen and oxygen atoms in total. The summed E-state index contributed by atoms with van der Waals surface area (Å²) in [4.78, 5) is 63.3. The number of fused-ring (bicyclic) bond motifs is 1. The highest BCUT2D eigenvalue weighted by Crippen LogP contribution is 2.55. The number of aliphatic hydroxyl groups excluding tert-OH is 1. The molecule has 2 aliphatic heterocycles. The molecule has 464 valence electrons. The first-order valence-electron chi connectivity index (χ1n) is 26.3. The second-order valence-corrected chi connectivity index (χ2v) is 22.8. The van der Waals surface area contributed by atoms with Crippen molar-refractivity contribution in [2.45, 2.75) is 50.5 Å². The molecule has 2 aliphatic rings. The fourth-order valence-corrected chi connectivity index (χ4v) is 10.7. The Morgan fingerprint density at radius 2 is 1.36 bits per heavy atom. The molecular formula is C49H65ClF3N9O20P2. The molecule has 1 amide bonds. The van der Waals surface area contributed by atoms with Crippen molar-refractivity contribution >= 4 is 55.5 Å². The standard InChI is InChI=1S/C49H65ClF3N9O20P2/c50-49-56-45(39-26-54-62(46(39)57-49)48-42(63)25-38(81-48)31-80-84(69,70)32-83(66,67)68)60-27-35(28-60)55-47(65)33-1-3-37(4-2-33)79-22-21-77-18-17-75-15-16-76-19-20-78-30-36-29-61(59-58-36)6-8-72-10-12-74-14-13-73-11-9-71-7-5-43(64)82-44-40(52)23-34(51)24-41(44)53/h1-4,23-24,26,29,35,38,42,48,63H,5-22,25,27-28,30-32H2,(H,55,65)(H,69,70)(H2,66,67,68)/t38-,42+,48+/m0/s1. The number of esters is 1. The Balaban J connectivity index is 0.629. The first kappa shape index (κ1) is 66.2. The van der Waals surface area contributed by atoms with Gasteiger partial charge in [0.25, 0.3) is 5.91 Å². The smallest absolute Gasteiger partial charge is 0.340 e. The summed E-state index contributed by atoms with van der Waals surface area (Å²) in [6.45, 7) is 5.95. The average Bonchev–Trinajstić information content (AvgIpc) is 4.18. The molecule has 5 N–H and O–H groups in total. The van der Waals surface area contributed by atoms with Crippen LogP contribution >= 0.6 is 26.8 Å². The van der Waals surface area contributed by atoms with Gasteiger partial charge in [-0.15, -0.1) is 5.10 Å². The molecule has 0 radical (unpaired) electrons. The number of hydrogen-bond donors (Lipinski definition) is 5. The fraction of sp³-hybridized carbons (Fsp3) is 0.571. The maximum Gasteiger partial charge on any atom is 0.340 e. The van der Waals surface area contributed by atoms with E-state index in [0.29, 0.717) is 139 Å². The zero-order valence-corrected chi connectivity index (χ0v) is 47.7. The van der Waals surface area contributed by atoms with E-state index in [1.54, 1.807) is 35.1 Å². The van der Waals surface area contributed by atoms with Gasteiger partial charge in [0.1, 0.15) is 35.8 Å². The minimum Gasteiger partial charge on any atom is -0.491 e. The summed E-state index contributed by atoms with van der Waals surface area (Å²) in [5, 5.41) is 26.6. The lowest BCUT2D eigenvalue weighted by molar-refractivity contribution is -0.136. The largest absolute Gasteiger partial charge is 0.491 e. The lowest BCUT2D eigenvalue weighted by Crippen LogP contribution is -2.59. The highest BCUT2D eigenvalue weighted by atomic mass is 35.5. The third-order valence-electron chi connectivity index (χ3n) is 11.9. The summed E-state index contributed by atoms with van der Waals surface area (Å²) in [6, 6.07) is 7.30. The minimum atomic E-state index is -4.83. The molecule has 5 aromatic rings. The van der Waals surface area contributed by atoms with Crippen molar-refractivity contribution in [1.29, 1.82) is 0 Å². The van der Waals surface area contributed by atoms with Crippen molar-refractivity contribution in [1.82, 2.24) is 40.1 Å². The van der Waals surface area contributed by atoms with Crippen LogP contribution in [0.15, 0.2) is 48.8 Å². The lowest BCUT2D eigenvalue weighted by Gasteiger charge is -2.40. The minimum absolute atomic E-state index is 0.0370. The molecular weight excluding hydrogens is 1190 g/mol. The van der Waals surface area contributed by atoms with Crippen molar-refractivity contribution in [2.75, 3.05) is 136 Å². The van der Waals surface area contributed by atoms with Gasteiger partial charge >= 0.3 is 21.2 Å². The van der Waals surface area contributed by atoms with Crippen molar-refractivity contribution in [3.8, 4) is 11.5 Å². The van der Waals surface area contributed by atoms with Crippen LogP contribution in [0.5, 0.6) is 11.5 Å². The van der Waals surface area contributed by atoms with E-state index >= 15 is 0 Å². The average molecular weight is 1250 g/mol. The van der Waals surface area contributed by atoms with Gasteiger partial charge in [0.05, 0.1) is 155 Å². The van der Waals surface area contributed by atoms with Crippen LogP contribution in [0.4, 0.5) is 19.0 Å². The Labute approximate surface area is 483 Å². The lowest BCUT2D eigenvalue weighted by atomic mass is 10.1. The van der Waals surface area contributed by atoms with Crippen LogP contribution in [0, 0.1) is 17.5 Å². The summed E-state index contributed by atoms with van der Waals surface area (Å²) in [5.74, 6) is -6.29. The normalized spacial score (nSPS) is 17.2. The molecule has 84 heavy (non-hydrogen) atoms. The quantitative estimate of drug-likeness (QED) is 0.0124. The van der Waals surface area contributed by atoms with Gasteiger partial charge in [-0.3, -0.25) is 18.7 Å². The Hall–Kier alpha value is -5.35. The molecule has 2 fully saturated rings. The summed E-state index contributed by atoms with van der Waals surface area (Å²) in [6.07, 6.45) is -0.202. The van der Waals surface area contributed by atoms with Gasteiger partial charge < -0.3 is 86.6 Å². The third-order valence-corrected chi connectivity index (χ3v) is 15.6. The first-order chi connectivity index (χ1) is 40.4. The van der Waals surface area contributed by atoms with Gasteiger partial charge in [-0.2, -0.15) is 15.1 Å². The number of carbonyl (C=O) groups is 2. The molecule has 4 atom stereocenters. The van der Waals surface area contributed by atoms with Crippen LogP contribution < -0.4 is 19.7 Å².